The molecule has 0 unspecified atom stereocenters. The van der Waals surface area contributed by atoms with Gasteiger partial charge in [0.05, 0.1) is 29.0 Å². The first-order valence-corrected chi connectivity index (χ1v) is 10.7. The van der Waals surface area contributed by atoms with Crippen LogP contribution in [0.4, 0.5) is 0 Å². The molecule has 6 heteroatoms. The molecule has 4 rings (SSSR count). The zero-order chi connectivity index (χ0) is 21.3. The van der Waals surface area contributed by atoms with Gasteiger partial charge in [-0.2, -0.15) is 5.10 Å². The summed E-state index contributed by atoms with van der Waals surface area (Å²) in [6.45, 7) is 5.24. The van der Waals surface area contributed by atoms with E-state index < -0.39 is 0 Å². The predicted molar refractivity (Wildman–Crippen MR) is 120 cm³/mol. The van der Waals surface area contributed by atoms with Crippen LogP contribution in [0.15, 0.2) is 36.4 Å². The van der Waals surface area contributed by atoms with Gasteiger partial charge >= 0.3 is 0 Å². The number of amides is 1. The normalized spacial score (nSPS) is 15.8. The van der Waals surface area contributed by atoms with Crippen LogP contribution in [0.1, 0.15) is 53.1 Å². The van der Waals surface area contributed by atoms with Gasteiger partial charge in [0.15, 0.2) is 0 Å². The van der Waals surface area contributed by atoms with Crippen molar-refractivity contribution in [1.29, 1.82) is 0 Å². The highest BCUT2D eigenvalue weighted by Gasteiger charge is 2.36. The van der Waals surface area contributed by atoms with Crippen molar-refractivity contribution in [3.63, 3.8) is 0 Å². The van der Waals surface area contributed by atoms with Gasteiger partial charge in [-0.1, -0.05) is 31.0 Å². The van der Waals surface area contributed by atoms with Crippen molar-refractivity contribution in [1.82, 2.24) is 25.0 Å². The number of aromatic nitrogens is 3. The Bertz CT molecular complexity index is 1060. The van der Waals surface area contributed by atoms with Crippen molar-refractivity contribution in [2.24, 2.45) is 0 Å². The lowest BCUT2D eigenvalue weighted by molar-refractivity contribution is 0.0901. The molecule has 0 radical (unpaired) electrons. The van der Waals surface area contributed by atoms with E-state index in [-0.39, 0.29) is 11.4 Å². The van der Waals surface area contributed by atoms with Crippen LogP contribution >= 0.6 is 0 Å². The lowest BCUT2D eigenvalue weighted by Crippen LogP contribution is -2.50. The summed E-state index contributed by atoms with van der Waals surface area (Å²) in [6, 6.07) is 11.8. The average molecular weight is 406 g/mol. The third-order valence-electron chi connectivity index (χ3n) is 6.49. The van der Waals surface area contributed by atoms with Crippen LogP contribution in [0.5, 0.6) is 0 Å². The monoisotopic (exact) mass is 405 g/mol. The maximum atomic E-state index is 13.3. The summed E-state index contributed by atoms with van der Waals surface area (Å²) in [6.07, 6.45) is 4.69. The molecule has 30 heavy (non-hydrogen) atoms. The van der Waals surface area contributed by atoms with Gasteiger partial charge in [0.1, 0.15) is 0 Å². The molecular formula is C24H31N5O. The van der Waals surface area contributed by atoms with E-state index in [1.807, 2.05) is 48.9 Å². The van der Waals surface area contributed by atoms with Gasteiger partial charge in [0.25, 0.3) is 5.91 Å². The maximum Gasteiger partial charge on any atom is 0.252 e. The number of benzene rings is 1. The Morgan fingerprint density at radius 1 is 1.17 bits per heavy atom. The molecule has 1 saturated carbocycles. The van der Waals surface area contributed by atoms with Crippen molar-refractivity contribution in [2.45, 2.75) is 51.6 Å². The SMILES string of the molecule is Cc1cc(C)n(Cc2cc(C(=O)NCC3(N(C)C)CCCC3)c3ccccc3n2)n1. The number of likely N-dealkylation sites (N-methyl/N-ethyl adjacent to an activating group) is 1. The van der Waals surface area contributed by atoms with E-state index >= 15 is 0 Å². The van der Waals surface area contributed by atoms with E-state index in [1.54, 1.807) is 0 Å². The fourth-order valence-corrected chi connectivity index (χ4v) is 4.64. The quantitative estimate of drug-likeness (QED) is 0.679. The molecule has 1 aliphatic carbocycles. The lowest BCUT2D eigenvalue weighted by atomic mass is 9.95. The minimum atomic E-state index is -0.0312. The number of carbonyl (C=O) groups is 1. The zero-order valence-electron chi connectivity index (χ0n) is 18.4. The minimum Gasteiger partial charge on any atom is -0.350 e. The van der Waals surface area contributed by atoms with Gasteiger partial charge in [-0.15, -0.1) is 0 Å². The first-order chi connectivity index (χ1) is 14.4. The Morgan fingerprint density at radius 2 is 1.90 bits per heavy atom. The number of nitrogens with zero attached hydrogens (tertiary/aromatic N) is 4. The molecule has 1 aliphatic rings. The highest BCUT2D eigenvalue weighted by molar-refractivity contribution is 6.06. The van der Waals surface area contributed by atoms with E-state index in [4.69, 9.17) is 4.98 Å². The van der Waals surface area contributed by atoms with Crippen molar-refractivity contribution >= 4 is 16.8 Å². The molecule has 0 aliphatic heterocycles. The summed E-state index contributed by atoms with van der Waals surface area (Å²) < 4.78 is 1.94. The molecule has 0 spiro atoms. The number of carbonyl (C=O) groups excluding carboxylic acids is 1. The maximum absolute atomic E-state index is 13.3. The van der Waals surface area contributed by atoms with Gasteiger partial charge in [0, 0.05) is 23.2 Å². The number of nitrogens with one attached hydrogen (secondary N) is 1. The van der Waals surface area contributed by atoms with E-state index in [1.165, 1.54) is 12.8 Å². The lowest BCUT2D eigenvalue weighted by Gasteiger charge is -2.36. The van der Waals surface area contributed by atoms with Crippen LogP contribution in [-0.2, 0) is 6.54 Å². The second-order valence-corrected chi connectivity index (χ2v) is 8.77. The van der Waals surface area contributed by atoms with E-state index in [9.17, 15) is 4.79 Å². The molecule has 0 bridgehead atoms. The number of para-hydroxylation sites is 1. The first-order valence-electron chi connectivity index (χ1n) is 10.7. The summed E-state index contributed by atoms with van der Waals surface area (Å²) >= 11 is 0. The van der Waals surface area contributed by atoms with Crippen LogP contribution < -0.4 is 5.32 Å². The zero-order valence-corrected chi connectivity index (χ0v) is 18.4. The van der Waals surface area contributed by atoms with Crippen LogP contribution in [0, 0.1) is 13.8 Å². The standard InChI is InChI=1S/C24H31N5O/c1-17-13-18(2)29(27-17)15-19-14-21(20-9-5-6-10-22(20)26-19)23(30)25-16-24(28(3)4)11-7-8-12-24/h5-6,9-10,13-14H,7-8,11-12,15-16H2,1-4H3,(H,25,30). The molecule has 6 nitrogen and oxygen atoms in total. The van der Waals surface area contributed by atoms with E-state index in [0.717, 1.165) is 40.8 Å². The van der Waals surface area contributed by atoms with Crippen LogP contribution in [0.3, 0.4) is 0 Å². The van der Waals surface area contributed by atoms with Gasteiger partial charge in [-0.25, -0.2) is 0 Å². The second-order valence-electron chi connectivity index (χ2n) is 8.77. The Kier molecular flexibility index (Phi) is 5.60. The summed E-state index contributed by atoms with van der Waals surface area (Å²) in [5.41, 5.74) is 4.49. The molecule has 2 aromatic heterocycles. The topological polar surface area (TPSA) is 63.1 Å². The van der Waals surface area contributed by atoms with Gasteiger partial charge in [-0.05, 0) is 59.0 Å². The molecule has 0 saturated heterocycles. The molecule has 1 N–H and O–H groups in total. The smallest absolute Gasteiger partial charge is 0.252 e. The largest absolute Gasteiger partial charge is 0.350 e. The number of pyridine rings is 1. The average Bonchev–Trinajstić information content (AvgIpc) is 3.32. The number of hydrogen-bond acceptors (Lipinski definition) is 4. The summed E-state index contributed by atoms with van der Waals surface area (Å²) in [5.74, 6) is -0.0312. The number of aryl methyl sites for hydroxylation is 2. The van der Waals surface area contributed by atoms with Crippen LogP contribution in [0.2, 0.25) is 0 Å². The molecular weight excluding hydrogens is 374 g/mol. The predicted octanol–water partition coefficient (Wildman–Crippen LogP) is 3.70. The van der Waals surface area contributed by atoms with Crippen molar-refractivity contribution in [3.05, 3.63) is 59.0 Å². The summed E-state index contributed by atoms with van der Waals surface area (Å²) in [4.78, 5) is 20.3. The van der Waals surface area contributed by atoms with Crippen molar-refractivity contribution in [2.75, 3.05) is 20.6 Å². The highest BCUT2D eigenvalue weighted by Crippen LogP contribution is 2.33. The van der Waals surface area contributed by atoms with Gasteiger partial charge < -0.3 is 10.2 Å². The Balaban J connectivity index is 1.63. The third kappa shape index (κ3) is 3.97. The minimum absolute atomic E-state index is 0.0312. The highest BCUT2D eigenvalue weighted by atomic mass is 16.1. The summed E-state index contributed by atoms with van der Waals surface area (Å²) in [5, 5.41) is 8.67. The van der Waals surface area contributed by atoms with Crippen LogP contribution in [0.25, 0.3) is 10.9 Å². The molecule has 1 amide bonds. The van der Waals surface area contributed by atoms with E-state index in [0.29, 0.717) is 18.7 Å². The van der Waals surface area contributed by atoms with E-state index in [2.05, 4.69) is 35.5 Å². The summed E-state index contributed by atoms with van der Waals surface area (Å²) in [7, 11) is 4.23. The van der Waals surface area contributed by atoms with Crippen LogP contribution in [-0.4, -0.2) is 51.8 Å². The van der Waals surface area contributed by atoms with Gasteiger partial charge in [0.2, 0.25) is 0 Å². The first kappa shape index (κ1) is 20.5. The number of rotatable bonds is 6. The number of fused-ring (bicyclic) bond motifs is 1. The van der Waals surface area contributed by atoms with Crippen molar-refractivity contribution in [3.8, 4) is 0 Å². The Labute approximate surface area is 178 Å². The number of hydrogen-bond donors (Lipinski definition) is 1. The molecule has 3 aromatic rings. The fraction of sp³-hybridized carbons (Fsp3) is 0.458. The Morgan fingerprint density at radius 3 is 2.57 bits per heavy atom. The van der Waals surface area contributed by atoms with Gasteiger partial charge in [-0.3, -0.25) is 14.5 Å². The Hall–Kier alpha value is -2.73. The molecule has 0 atom stereocenters. The molecule has 1 fully saturated rings. The fourth-order valence-electron chi connectivity index (χ4n) is 4.64. The van der Waals surface area contributed by atoms with Crippen molar-refractivity contribution < 1.29 is 4.79 Å². The molecule has 1 aromatic carbocycles. The second kappa shape index (κ2) is 8.19. The molecule has 2 heterocycles. The third-order valence-corrected chi connectivity index (χ3v) is 6.49. The molecule has 158 valence electrons.